The molecule has 0 atom stereocenters. The van der Waals surface area contributed by atoms with Crippen LogP contribution in [-0.2, 0) is 4.79 Å². The van der Waals surface area contributed by atoms with Crippen molar-refractivity contribution in [3.8, 4) is 12.3 Å². The number of rotatable bonds is 2. The van der Waals surface area contributed by atoms with Crippen LogP contribution in [0.15, 0.2) is 11.8 Å². The summed E-state index contributed by atoms with van der Waals surface area (Å²) in [5, 5.41) is 0. The van der Waals surface area contributed by atoms with E-state index >= 15 is 0 Å². The first-order valence-electron chi connectivity index (χ1n) is 2.72. The van der Waals surface area contributed by atoms with Crippen molar-refractivity contribution in [2.75, 3.05) is 14.1 Å². The van der Waals surface area contributed by atoms with E-state index in [4.69, 9.17) is 12.2 Å². The summed E-state index contributed by atoms with van der Waals surface area (Å²) in [5.41, 5.74) is 5.10. The fourth-order valence-electron chi connectivity index (χ4n) is 0.430. The van der Waals surface area contributed by atoms with E-state index in [1.54, 1.807) is 19.0 Å². The quantitative estimate of drug-likeness (QED) is 0.415. The molecule has 0 unspecified atom stereocenters. The van der Waals surface area contributed by atoms with E-state index in [1.807, 2.05) is 0 Å². The predicted molar refractivity (Wildman–Crippen MR) is 39.8 cm³/mol. The van der Waals surface area contributed by atoms with Gasteiger partial charge in [0.1, 0.15) is 5.57 Å². The molecule has 2 N–H and O–H groups in total. The van der Waals surface area contributed by atoms with Gasteiger partial charge in [-0.05, 0) is 0 Å². The zero-order chi connectivity index (χ0) is 8.15. The molecule has 54 valence electrons. The van der Waals surface area contributed by atoms with Crippen LogP contribution in [0.2, 0.25) is 0 Å². The number of nitrogens with two attached hydrogens (primary N) is 1. The number of carbonyl (C=O) groups is 1. The van der Waals surface area contributed by atoms with E-state index in [2.05, 4.69) is 5.92 Å². The number of hydrogen-bond donors (Lipinski definition) is 1. The van der Waals surface area contributed by atoms with E-state index in [0.29, 0.717) is 0 Å². The number of terminal acetylenes is 1. The van der Waals surface area contributed by atoms with Crippen molar-refractivity contribution >= 4 is 5.91 Å². The van der Waals surface area contributed by atoms with Crippen molar-refractivity contribution in [2.45, 2.75) is 0 Å². The van der Waals surface area contributed by atoms with Crippen LogP contribution in [0, 0.1) is 12.3 Å². The molecule has 0 bridgehead atoms. The fraction of sp³-hybridized carbons (Fsp3) is 0.286. The van der Waals surface area contributed by atoms with Crippen molar-refractivity contribution in [3.63, 3.8) is 0 Å². The topological polar surface area (TPSA) is 46.3 Å². The Bertz CT molecular complexity index is 198. The largest absolute Gasteiger partial charge is 0.382 e. The van der Waals surface area contributed by atoms with Crippen molar-refractivity contribution in [3.05, 3.63) is 11.8 Å². The molecule has 0 rings (SSSR count). The van der Waals surface area contributed by atoms with Gasteiger partial charge in [-0.15, -0.1) is 6.42 Å². The summed E-state index contributed by atoms with van der Waals surface area (Å²) < 4.78 is 0. The molecule has 3 nitrogen and oxygen atoms in total. The molecule has 0 aromatic heterocycles. The Labute approximate surface area is 60.5 Å². The summed E-state index contributed by atoms with van der Waals surface area (Å²) in [4.78, 5) is 12.1. The van der Waals surface area contributed by atoms with Crippen LogP contribution in [0.1, 0.15) is 0 Å². The van der Waals surface area contributed by atoms with Gasteiger partial charge >= 0.3 is 0 Å². The van der Waals surface area contributed by atoms with Crippen LogP contribution in [0.25, 0.3) is 0 Å². The van der Waals surface area contributed by atoms with Gasteiger partial charge in [0.25, 0.3) is 5.91 Å². The molecule has 0 aliphatic carbocycles. The van der Waals surface area contributed by atoms with Crippen LogP contribution in [0.5, 0.6) is 0 Å². The highest BCUT2D eigenvalue weighted by atomic mass is 16.1. The lowest BCUT2D eigenvalue weighted by Gasteiger charge is -2.03. The van der Waals surface area contributed by atoms with Gasteiger partial charge in [0.2, 0.25) is 0 Å². The van der Waals surface area contributed by atoms with E-state index in [-0.39, 0.29) is 5.57 Å². The van der Waals surface area contributed by atoms with Crippen LogP contribution >= 0.6 is 0 Å². The molecule has 0 aliphatic heterocycles. The minimum atomic E-state index is -0.573. The van der Waals surface area contributed by atoms with Gasteiger partial charge in [0, 0.05) is 20.3 Å². The van der Waals surface area contributed by atoms with Gasteiger partial charge < -0.3 is 10.6 Å². The Kier molecular flexibility index (Phi) is 3.06. The Morgan fingerprint density at radius 1 is 1.70 bits per heavy atom. The molecule has 10 heavy (non-hydrogen) atoms. The van der Waals surface area contributed by atoms with E-state index in [1.165, 1.54) is 6.20 Å². The molecule has 0 heterocycles. The number of amides is 1. The van der Waals surface area contributed by atoms with Crippen LogP contribution in [0.3, 0.4) is 0 Å². The predicted octanol–water partition coefficient (Wildman–Crippen LogP) is -0.450. The van der Waals surface area contributed by atoms with Gasteiger partial charge in [0.05, 0.1) is 0 Å². The molecular weight excluding hydrogens is 128 g/mol. The van der Waals surface area contributed by atoms with Gasteiger partial charge in [-0.25, -0.2) is 0 Å². The Hall–Kier alpha value is -1.43. The maximum atomic E-state index is 10.5. The molecule has 0 spiro atoms. The number of primary amides is 1. The third kappa shape index (κ3) is 2.78. The van der Waals surface area contributed by atoms with E-state index < -0.39 is 5.91 Å². The molecule has 0 aliphatic rings. The van der Waals surface area contributed by atoms with Crippen LogP contribution < -0.4 is 5.73 Å². The smallest absolute Gasteiger partial charge is 0.258 e. The summed E-state index contributed by atoms with van der Waals surface area (Å²) in [6.45, 7) is 0. The number of carbonyl (C=O) groups excluding carboxylic acids is 1. The molecule has 1 amide bonds. The Morgan fingerprint density at radius 3 is 2.30 bits per heavy atom. The minimum Gasteiger partial charge on any atom is -0.382 e. The molecule has 0 fully saturated rings. The molecule has 0 aromatic carbocycles. The summed E-state index contributed by atoms with van der Waals surface area (Å²) in [6.07, 6.45) is 6.48. The first-order valence-corrected chi connectivity index (χ1v) is 2.72. The van der Waals surface area contributed by atoms with E-state index in [9.17, 15) is 4.79 Å². The van der Waals surface area contributed by atoms with Gasteiger partial charge in [-0.1, -0.05) is 5.92 Å². The maximum Gasteiger partial charge on any atom is 0.258 e. The summed E-state index contributed by atoms with van der Waals surface area (Å²) in [6, 6.07) is 0. The molecule has 0 radical (unpaired) electrons. The monoisotopic (exact) mass is 138 g/mol. The van der Waals surface area contributed by atoms with Crippen LogP contribution in [-0.4, -0.2) is 24.9 Å². The normalized spacial score (nSPS) is 10.3. The number of nitrogens with zero attached hydrogens (tertiary/aromatic N) is 1. The first kappa shape index (κ1) is 8.57. The lowest BCUT2D eigenvalue weighted by Crippen LogP contribution is -2.15. The second-order valence-electron chi connectivity index (χ2n) is 2.01. The molecule has 3 heteroatoms. The number of hydrogen-bond acceptors (Lipinski definition) is 2. The van der Waals surface area contributed by atoms with Crippen LogP contribution in [0.4, 0.5) is 0 Å². The Balaban J connectivity index is 4.39. The molecular formula is C7H10N2O. The van der Waals surface area contributed by atoms with Gasteiger partial charge in [-0.2, -0.15) is 0 Å². The lowest BCUT2D eigenvalue weighted by molar-refractivity contribution is -0.114. The zero-order valence-electron chi connectivity index (χ0n) is 6.09. The minimum absolute atomic E-state index is 0.185. The highest BCUT2D eigenvalue weighted by Gasteiger charge is 1.98. The highest BCUT2D eigenvalue weighted by molar-refractivity contribution is 5.96. The molecule has 0 aromatic rings. The second-order valence-corrected chi connectivity index (χ2v) is 2.01. The highest BCUT2D eigenvalue weighted by Crippen LogP contribution is 1.90. The molecule has 0 saturated carbocycles. The fourth-order valence-corrected chi connectivity index (χ4v) is 0.430. The summed E-state index contributed by atoms with van der Waals surface area (Å²) in [5.74, 6) is 1.60. The van der Waals surface area contributed by atoms with Crippen molar-refractivity contribution < 1.29 is 4.79 Å². The summed E-state index contributed by atoms with van der Waals surface area (Å²) >= 11 is 0. The summed E-state index contributed by atoms with van der Waals surface area (Å²) in [7, 11) is 3.53. The standard InChI is InChI=1S/C7H10N2O/c1-4-6(7(8)10)5-9(2)3/h1,5H,2-3H3,(H2,8,10)/b6-5+. The van der Waals surface area contributed by atoms with Crippen molar-refractivity contribution in [1.29, 1.82) is 0 Å². The zero-order valence-corrected chi connectivity index (χ0v) is 6.09. The van der Waals surface area contributed by atoms with Crippen molar-refractivity contribution in [2.24, 2.45) is 5.73 Å². The lowest BCUT2D eigenvalue weighted by atomic mass is 10.3. The van der Waals surface area contributed by atoms with E-state index in [0.717, 1.165) is 0 Å². The maximum absolute atomic E-state index is 10.5. The second kappa shape index (κ2) is 3.57. The SMILES string of the molecule is C#C/C(=C\N(C)C)C(N)=O. The van der Waals surface area contributed by atoms with Crippen molar-refractivity contribution in [1.82, 2.24) is 4.90 Å². The first-order chi connectivity index (χ1) is 4.57. The molecule has 0 saturated heterocycles. The Morgan fingerprint density at radius 2 is 2.20 bits per heavy atom. The average Bonchev–Trinajstić information content (AvgIpc) is 1.81. The van der Waals surface area contributed by atoms with Gasteiger partial charge in [-0.3, -0.25) is 4.79 Å². The average molecular weight is 138 g/mol. The third-order valence-corrected chi connectivity index (χ3v) is 0.808. The van der Waals surface area contributed by atoms with Gasteiger partial charge in [0.15, 0.2) is 0 Å². The third-order valence-electron chi connectivity index (χ3n) is 0.808.